The molecule has 1 amide bonds. The number of anilines is 1. The normalized spacial score (nSPS) is 20.0. The van der Waals surface area contributed by atoms with Crippen LogP contribution >= 0.6 is 15.9 Å². The van der Waals surface area contributed by atoms with E-state index in [0.29, 0.717) is 17.4 Å². The fourth-order valence-corrected chi connectivity index (χ4v) is 2.34. The third kappa shape index (κ3) is 3.40. The second kappa shape index (κ2) is 5.40. The summed E-state index contributed by atoms with van der Waals surface area (Å²) < 4.78 is 39.1. The van der Waals surface area contributed by atoms with E-state index >= 15 is 0 Å². The van der Waals surface area contributed by atoms with Crippen molar-refractivity contribution >= 4 is 27.5 Å². The minimum Gasteiger partial charge on any atom is -0.373 e. The molecule has 0 bridgehead atoms. The van der Waals surface area contributed by atoms with E-state index in [4.69, 9.17) is 0 Å². The maximum Gasteiger partial charge on any atom is 0.418 e. The second-order valence-corrected chi connectivity index (χ2v) is 5.23. The van der Waals surface area contributed by atoms with Gasteiger partial charge in [0.2, 0.25) is 5.91 Å². The first-order valence-electron chi connectivity index (χ1n) is 5.79. The second-order valence-electron chi connectivity index (χ2n) is 4.32. The van der Waals surface area contributed by atoms with Crippen LogP contribution in [-0.4, -0.2) is 18.5 Å². The zero-order chi connectivity index (χ0) is 14.0. The molecule has 2 N–H and O–H groups in total. The van der Waals surface area contributed by atoms with E-state index < -0.39 is 17.8 Å². The molecule has 1 fully saturated rings. The van der Waals surface area contributed by atoms with Crippen molar-refractivity contribution in [3.05, 3.63) is 28.2 Å². The van der Waals surface area contributed by atoms with E-state index in [0.717, 1.165) is 12.5 Å². The molecule has 0 aliphatic carbocycles. The molecule has 1 unspecified atom stereocenters. The Hall–Kier alpha value is -1.24. The van der Waals surface area contributed by atoms with Crippen LogP contribution < -0.4 is 10.6 Å². The Bertz CT molecular complexity index is 490. The summed E-state index contributed by atoms with van der Waals surface area (Å²) in [6, 6.07) is 3.23. The van der Waals surface area contributed by atoms with E-state index in [9.17, 15) is 18.0 Å². The van der Waals surface area contributed by atoms with Crippen molar-refractivity contribution in [1.82, 2.24) is 5.32 Å². The van der Waals surface area contributed by atoms with Gasteiger partial charge in [-0.05, 0) is 31.0 Å². The van der Waals surface area contributed by atoms with E-state index in [1.807, 2.05) is 0 Å². The molecule has 0 radical (unpaired) electrons. The SMILES string of the molecule is O=C1NCCCC1Nc1ccc(Br)cc1C(F)(F)F. The smallest absolute Gasteiger partial charge is 0.373 e. The van der Waals surface area contributed by atoms with Crippen LogP contribution in [0.3, 0.4) is 0 Å². The summed E-state index contributed by atoms with van der Waals surface area (Å²) in [5.41, 5.74) is -0.849. The third-order valence-electron chi connectivity index (χ3n) is 2.90. The Morgan fingerprint density at radius 3 is 2.74 bits per heavy atom. The van der Waals surface area contributed by atoms with Gasteiger partial charge in [-0.25, -0.2) is 0 Å². The molecule has 7 heteroatoms. The summed E-state index contributed by atoms with van der Waals surface area (Å²) in [4.78, 5) is 11.6. The molecule has 1 aliphatic heterocycles. The molecule has 1 saturated heterocycles. The monoisotopic (exact) mass is 336 g/mol. The Kier molecular flexibility index (Phi) is 4.03. The Balaban J connectivity index is 2.27. The van der Waals surface area contributed by atoms with Gasteiger partial charge in [0.25, 0.3) is 0 Å². The number of amides is 1. The molecule has 0 aromatic heterocycles. The maximum atomic E-state index is 12.9. The van der Waals surface area contributed by atoms with Gasteiger partial charge >= 0.3 is 6.18 Å². The van der Waals surface area contributed by atoms with Crippen LogP contribution in [0.4, 0.5) is 18.9 Å². The Labute approximate surface area is 116 Å². The van der Waals surface area contributed by atoms with Crippen LogP contribution in [0, 0.1) is 0 Å². The molecule has 2 rings (SSSR count). The standard InChI is InChI=1S/C12H12BrF3N2O/c13-7-3-4-9(8(6-7)12(14,15)16)18-10-2-1-5-17-11(10)19/h3-4,6,10,18H,1-2,5H2,(H,17,19). The molecular weight excluding hydrogens is 325 g/mol. The van der Waals surface area contributed by atoms with Crippen LogP contribution in [0.1, 0.15) is 18.4 Å². The van der Waals surface area contributed by atoms with Gasteiger partial charge in [-0.3, -0.25) is 4.79 Å². The van der Waals surface area contributed by atoms with Crippen molar-refractivity contribution in [2.75, 3.05) is 11.9 Å². The molecule has 0 saturated carbocycles. The highest BCUT2D eigenvalue weighted by Gasteiger charge is 2.35. The van der Waals surface area contributed by atoms with E-state index in [1.165, 1.54) is 12.1 Å². The lowest BCUT2D eigenvalue weighted by Crippen LogP contribution is -2.44. The summed E-state index contributed by atoms with van der Waals surface area (Å²) in [6.45, 7) is 0.573. The summed E-state index contributed by atoms with van der Waals surface area (Å²) in [6.07, 6.45) is -3.18. The lowest BCUT2D eigenvalue weighted by atomic mass is 10.1. The van der Waals surface area contributed by atoms with Gasteiger partial charge in [-0.1, -0.05) is 15.9 Å². The molecule has 1 aromatic rings. The van der Waals surface area contributed by atoms with Gasteiger partial charge in [-0.2, -0.15) is 13.2 Å². The summed E-state index contributed by atoms with van der Waals surface area (Å²) in [5.74, 6) is -0.262. The first kappa shape index (κ1) is 14.2. The minimum absolute atomic E-state index is 0.0715. The van der Waals surface area contributed by atoms with Gasteiger partial charge in [0, 0.05) is 16.7 Å². The summed E-state index contributed by atoms with van der Waals surface area (Å²) in [7, 11) is 0. The molecule has 1 aliphatic rings. The third-order valence-corrected chi connectivity index (χ3v) is 3.40. The zero-order valence-corrected chi connectivity index (χ0v) is 11.4. The number of hydrogen-bond donors (Lipinski definition) is 2. The van der Waals surface area contributed by atoms with Gasteiger partial charge < -0.3 is 10.6 Å². The number of carbonyl (C=O) groups is 1. The fraction of sp³-hybridized carbons (Fsp3) is 0.417. The number of hydrogen-bond acceptors (Lipinski definition) is 2. The molecule has 3 nitrogen and oxygen atoms in total. The van der Waals surface area contributed by atoms with Crippen molar-refractivity contribution in [3.8, 4) is 0 Å². The van der Waals surface area contributed by atoms with Crippen molar-refractivity contribution in [1.29, 1.82) is 0 Å². The molecule has 1 atom stereocenters. The predicted octanol–water partition coefficient (Wildman–Crippen LogP) is 3.16. The molecular formula is C12H12BrF3N2O. The number of halogens is 4. The van der Waals surface area contributed by atoms with E-state index in [2.05, 4.69) is 26.6 Å². The lowest BCUT2D eigenvalue weighted by Gasteiger charge is -2.25. The van der Waals surface area contributed by atoms with Crippen molar-refractivity contribution in [2.45, 2.75) is 25.1 Å². The number of rotatable bonds is 2. The number of benzene rings is 1. The van der Waals surface area contributed by atoms with Crippen LogP contribution in [0.25, 0.3) is 0 Å². The number of piperidine rings is 1. The van der Waals surface area contributed by atoms with E-state index in [1.54, 1.807) is 0 Å². The largest absolute Gasteiger partial charge is 0.418 e. The predicted molar refractivity (Wildman–Crippen MR) is 68.8 cm³/mol. The number of alkyl halides is 3. The van der Waals surface area contributed by atoms with E-state index in [-0.39, 0.29) is 11.6 Å². The van der Waals surface area contributed by atoms with Gasteiger partial charge in [0.1, 0.15) is 6.04 Å². The first-order valence-corrected chi connectivity index (χ1v) is 6.58. The van der Waals surface area contributed by atoms with Gasteiger partial charge in [-0.15, -0.1) is 0 Å². The maximum absolute atomic E-state index is 12.9. The van der Waals surface area contributed by atoms with Crippen molar-refractivity contribution in [3.63, 3.8) is 0 Å². The quantitative estimate of drug-likeness (QED) is 0.871. The van der Waals surface area contributed by atoms with Crippen molar-refractivity contribution in [2.24, 2.45) is 0 Å². The molecule has 104 valence electrons. The zero-order valence-electron chi connectivity index (χ0n) is 9.85. The lowest BCUT2D eigenvalue weighted by molar-refractivity contribution is -0.137. The topological polar surface area (TPSA) is 41.1 Å². The minimum atomic E-state index is -4.46. The van der Waals surface area contributed by atoms with Crippen LogP contribution in [0.5, 0.6) is 0 Å². The average molecular weight is 337 g/mol. The molecule has 0 spiro atoms. The van der Waals surface area contributed by atoms with Crippen LogP contribution in [-0.2, 0) is 11.0 Å². The number of nitrogens with one attached hydrogen (secondary N) is 2. The highest BCUT2D eigenvalue weighted by atomic mass is 79.9. The Morgan fingerprint density at radius 2 is 2.11 bits per heavy atom. The van der Waals surface area contributed by atoms with Gasteiger partial charge in [0.15, 0.2) is 0 Å². The van der Waals surface area contributed by atoms with Crippen molar-refractivity contribution < 1.29 is 18.0 Å². The van der Waals surface area contributed by atoms with Gasteiger partial charge in [0.05, 0.1) is 5.56 Å². The highest BCUT2D eigenvalue weighted by Crippen LogP contribution is 2.37. The fourth-order valence-electron chi connectivity index (χ4n) is 1.97. The molecule has 1 aromatic carbocycles. The first-order chi connectivity index (χ1) is 8.88. The van der Waals surface area contributed by atoms with Crippen LogP contribution in [0.2, 0.25) is 0 Å². The molecule has 1 heterocycles. The highest BCUT2D eigenvalue weighted by molar-refractivity contribution is 9.10. The average Bonchev–Trinajstić information content (AvgIpc) is 2.33. The number of carbonyl (C=O) groups excluding carboxylic acids is 1. The summed E-state index contributed by atoms with van der Waals surface area (Å²) in [5, 5.41) is 5.31. The summed E-state index contributed by atoms with van der Waals surface area (Å²) >= 11 is 3.02. The Morgan fingerprint density at radius 1 is 1.37 bits per heavy atom. The van der Waals surface area contributed by atoms with Crippen LogP contribution in [0.15, 0.2) is 22.7 Å². The molecule has 19 heavy (non-hydrogen) atoms.